The van der Waals surface area contributed by atoms with Crippen LogP contribution in [0.3, 0.4) is 0 Å². The van der Waals surface area contributed by atoms with Crippen molar-refractivity contribution in [2.24, 2.45) is 0 Å². The average Bonchev–Trinajstić information content (AvgIpc) is 2.88. The summed E-state index contributed by atoms with van der Waals surface area (Å²) in [5, 5.41) is 3.33. The Kier molecular flexibility index (Phi) is 7.51. The number of benzene rings is 1. The van der Waals surface area contributed by atoms with Crippen LogP contribution in [0.4, 0.5) is 33.2 Å². The number of morpholine rings is 1. The number of nitrogens with zero attached hydrogens (tertiary/aromatic N) is 7. The molecular weight excluding hydrogens is 509 g/mol. The number of rotatable bonds is 5. The van der Waals surface area contributed by atoms with Gasteiger partial charge in [-0.05, 0) is 51.6 Å². The molecule has 2 aromatic heterocycles. The molecule has 10 nitrogen and oxygen atoms in total. The van der Waals surface area contributed by atoms with Gasteiger partial charge in [0.15, 0.2) is 5.82 Å². The Hall–Kier alpha value is -3.28. The lowest BCUT2D eigenvalue weighted by molar-refractivity contribution is -0.00571. The zero-order valence-corrected chi connectivity index (χ0v) is 22.8. The van der Waals surface area contributed by atoms with E-state index in [0.29, 0.717) is 59.1 Å². The molecule has 0 radical (unpaired) electrons. The second kappa shape index (κ2) is 10.8. The van der Waals surface area contributed by atoms with E-state index < -0.39 is 0 Å². The van der Waals surface area contributed by atoms with Crippen molar-refractivity contribution >= 4 is 40.4 Å². The number of nitrogens with two attached hydrogens (primary N) is 1. The summed E-state index contributed by atoms with van der Waals surface area (Å²) in [6, 6.07) is 3.61. The molecule has 0 bridgehead atoms. The number of aromatic nitrogens is 4. The number of ether oxygens (including phenoxy) is 1. The SMILES string of the molecule is C[C@@H]1CN(c2ncc(-c3cc(Nc4nc(Cl)ncc4N)c(N4CCN(C)[C@@H](C)C4)cc3F)cn2)C[C@H](C)O1. The minimum Gasteiger partial charge on any atom is -0.394 e. The fourth-order valence-electron chi connectivity index (χ4n) is 4.98. The quantitative estimate of drug-likeness (QED) is 0.463. The van der Waals surface area contributed by atoms with Gasteiger partial charge in [0, 0.05) is 62.3 Å². The second-order valence-electron chi connectivity index (χ2n) is 10.1. The van der Waals surface area contributed by atoms with Crippen molar-refractivity contribution in [3.8, 4) is 11.1 Å². The topological polar surface area (TPSA) is 109 Å². The summed E-state index contributed by atoms with van der Waals surface area (Å²) in [5.41, 5.74) is 8.75. The maximum atomic E-state index is 15.7. The first-order valence-corrected chi connectivity index (χ1v) is 13.1. The first kappa shape index (κ1) is 26.3. The van der Waals surface area contributed by atoms with E-state index in [-0.39, 0.29) is 23.3 Å². The van der Waals surface area contributed by atoms with Crippen molar-refractivity contribution in [1.29, 1.82) is 0 Å². The van der Waals surface area contributed by atoms with Crippen LogP contribution >= 0.6 is 11.6 Å². The number of likely N-dealkylation sites (N-methyl/N-ethyl adjacent to an activating group) is 1. The summed E-state index contributed by atoms with van der Waals surface area (Å²) in [4.78, 5) is 23.8. The summed E-state index contributed by atoms with van der Waals surface area (Å²) in [6.45, 7) is 9.98. The van der Waals surface area contributed by atoms with Gasteiger partial charge in [-0.3, -0.25) is 0 Å². The van der Waals surface area contributed by atoms with E-state index in [0.717, 1.165) is 19.6 Å². The van der Waals surface area contributed by atoms with Gasteiger partial charge < -0.3 is 30.5 Å². The molecule has 3 atom stereocenters. The third-order valence-corrected chi connectivity index (χ3v) is 7.26. The largest absolute Gasteiger partial charge is 0.394 e. The molecule has 38 heavy (non-hydrogen) atoms. The van der Waals surface area contributed by atoms with Gasteiger partial charge in [0.1, 0.15) is 5.82 Å². The fraction of sp³-hybridized carbons (Fsp3) is 0.462. The number of nitrogen functional groups attached to an aromatic ring is 1. The first-order chi connectivity index (χ1) is 18.2. The molecule has 3 N–H and O–H groups in total. The van der Waals surface area contributed by atoms with Crippen LogP contribution in [0.1, 0.15) is 20.8 Å². The van der Waals surface area contributed by atoms with Crippen LogP contribution in [-0.4, -0.2) is 82.9 Å². The number of hydrogen-bond donors (Lipinski definition) is 2. The Morgan fingerprint density at radius 1 is 1.00 bits per heavy atom. The maximum absolute atomic E-state index is 15.7. The Morgan fingerprint density at radius 2 is 1.71 bits per heavy atom. The lowest BCUT2D eigenvalue weighted by Crippen LogP contribution is -2.50. The lowest BCUT2D eigenvalue weighted by atomic mass is 10.0. The number of piperazine rings is 1. The molecule has 1 aromatic carbocycles. The van der Waals surface area contributed by atoms with Crippen molar-refractivity contribution in [3.05, 3.63) is 41.8 Å². The van der Waals surface area contributed by atoms with Gasteiger partial charge in [-0.2, -0.15) is 4.98 Å². The minimum absolute atomic E-state index is 0.0644. The smallest absolute Gasteiger partial charge is 0.225 e. The normalized spacial score (nSPS) is 22.5. The summed E-state index contributed by atoms with van der Waals surface area (Å²) in [5.74, 6) is 0.588. The van der Waals surface area contributed by atoms with E-state index in [1.807, 2.05) is 13.8 Å². The Balaban J connectivity index is 1.50. The highest BCUT2D eigenvalue weighted by Crippen LogP contribution is 2.37. The molecule has 2 aliphatic heterocycles. The first-order valence-electron chi connectivity index (χ1n) is 12.7. The maximum Gasteiger partial charge on any atom is 0.225 e. The number of nitrogens with one attached hydrogen (secondary N) is 1. The Labute approximate surface area is 227 Å². The number of anilines is 5. The summed E-state index contributed by atoms with van der Waals surface area (Å²) < 4.78 is 21.5. The number of halogens is 2. The molecular formula is C26H33ClFN9O. The van der Waals surface area contributed by atoms with Crippen molar-refractivity contribution in [2.45, 2.75) is 39.0 Å². The summed E-state index contributed by atoms with van der Waals surface area (Å²) >= 11 is 6.03. The molecule has 0 aliphatic carbocycles. The van der Waals surface area contributed by atoms with Gasteiger partial charge in [0.25, 0.3) is 0 Å². The monoisotopic (exact) mass is 541 g/mol. The molecule has 202 valence electrons. The molecule has 0 unspecified atom stereocenters. The summed E-state index contributed by atoms with van der Waals surface area (Å²) in [7, 11) is 2.09. The van der Waals surface area contributed by atoms with Gasteiger partial charge >= 0.3 is 0 Å². The molecule has 5 rings (SSSR count). The molecule has 0 saturated carbocycles. The van der Waals surface area contributed by atoms with Crippen molar-refractivity contribution in [3.63, 3.8) is 0 Å². The molecule has 4 heterocycles. The predicted molar refractivity (Wildman–Crippen MR) is 149 cm³/mol. The van der Waals surface area contributed by atoms with Gasteiger partial charge in [0.2, 0.25) is 11.2 Å². The fourth-order valence-corrected chi connectivity index (χ4v) is 5.11. The minimum atomic E-state index is -0.365. The molecule has 2 fully saturated rings. The Bertz CT molecular complexity index is 1280. The molecule has 12 heteroatoms. The van der Waals surface area contributed by atoms with Crippen molar-refractivity contribution in [2.75, 3.05) is 60.6 Å². The van der Waals surface area contributed by atoms with Crippen LogP contribution in [0.5, 0.6) is 0 Å². The highest BCUT2D eigenvalue weighted by Gasteiger charge is 2.26. The average molecular weight is 542 g/mol. The predicted octanol–water partition coefficient (Wildman–Crippen LogP) is 3.81. The second-order valence-corrected chi connectivity index (χ2v) is 10.5. The van der Waals surface area contributed by atoms with E-state index in [9.17, 15) is 0 Å². The zero-order valence-electron chi connectivity index (χ0n) is 22.0. The van der Waals surface area contributed by atoms with Crippen LogP contribution in [0.2, 0.25) is 5.28 Å². The van der Waals surface area contributed by atoms with Crippen LogP contribution in [0.15, 0.2) is 30.7 Å². The third-order valence-electron chi connectivity index (χ3n) is 7.08. The highest BCUT2D eigenvalue weighted by molar-refractivity contribution is 6.28. The van der Waals surface area contributed by atoms with Gasteiger partial charge in [0.05, 0.1) is 35.5 Å². The van der Waals surface area contributed by atoms with E-state index in [1.165, 1.54) is 6.20 Å². The lowest BCUT2D eigenvalue weighted by Gasteiger charge is -2.39. The van der Waals surface area contributed by atoms with Gasteiger partial charge in [-0.1, -0.05) is 0 Å². The van der Waals surface area contributed by atoms with Gasteiger partial charge in [-0.25, -0.2) is 19.3 Å². The van der Waals surface area contributed by atoms with Crippen molar-refractivity contribution in [1.82, 2.24) is 24.8 Å². The van der Waals surface area contributed by atoms with E-state index >= 15 is 4.39 Å². The molecule has 2 aliphatic rings. The Morgan fingerprint density at radius 3 is 2.39 bits per heavy atom. The van der Waals surface area contributed by atoms with E-state index in [1.54, 1.807) is 24.5 Å². The zero-order chi connectivity index (χ0) is 27.0. The van der Waals surface area contributed by atoms with E-state index in [4.69, 9.17) is 22.1 Å². The molecule has 0 amide bonds. The summed E-state index contributed by atoms with van der Waals surface area (Å²) in [6.07, 6.45) is 4.92. The third kappa shape index (κ3) is 5.59. The van der Waals surface area contributed by atoms with Crippen molar-refractivity contribution < 1.29 is 9.13 Å². The van der Waals surface area contributed by atoms with Crippen LogP contribution in [0, 0.1) is 5.82 Å². The standard InChI is InChI=1S/C26H33ClFN9O/c1-15-12-36(6-5-35(15)4)23-8-20(28)19(7-22(23)33-24-21(29)11-30-25(27)34-24)18-9-31-26(32-10-18)37-13-16(2)38-17(3)14-37/h7-11,15-17H,5-6,12-14,29H2,1-4H3,(H,30,33,34)/t15-,16-,17+/m0/s1. The molecule has 3 aromatic rings. The molecule has 0 spiro atoms. The number of hydrogen-bond acceptors (Lipinski definition) is 10. The van der Waals surface area contributed by atoms with Crippen LogP contribution in [0.25, 0.3) is 11.1 Å². The van der Waals surface area contributed by atoms with Gasteiger partial charge in [-0.15, -0.1) is 0 Å². The molecule has 2 saturated heterocycles. The van der Waals surface area contributed by atoms with E-state index in [2.05, 4.69) is 53.9 Å². The van der Waals surface area contributed by atoms with Crippen LogP contribution in [-0.2, 0) is 4.74 Å². The van der Waals surface area contributed by atoms with Crippen LogP contribution < -0.4 is 20.9 Å². The highest BCUT2D eigenvalue weighted by atomic mass is 35.5.